The van der Waals surface area contributed by atoms with Crippen molar-refractivity contribution in [2.45, 2.75) is 46.0 Å². The molecule has 0 aromatic heterocycles. The predicted octanol–water partition coefficient (Wildman–Crippen LogP) is 2.59. The molecular weight excluding hydrogens is 244 g/mol. The molecule has 4 nitrogen and oxygen atoms in total. The van der Waals surface area contributed by atoms with Gasteiger partial charge in [-0.1, -0.05) is 31.5 Å². The molecule has 0 spiro atoms. The van der Waals surface area contributed by atoms with E-state index in [1.807, 2.05) is 30.3 Å². The van der Waals surface area contributed by atoms with Gasteiger partial charge in [0.15, 0.2) is 6.29 Å². The molecule has 0 aliphatic rings. The summed E-state index contributed by atoms with van der Waals surface area (Å²) < 4.78 is 10.1. The zero-order chi connectivity index (χ0) is 14.5. The first-order valence-electron chi connectivity index (χ1n) is 6.71. The Kier molecular flexibility index (Phi) is 11.3. The van der Waals surface area contributed by atoms with Crippen LogP contribution < -0.4 is 4.74 Å². The highest BCUT2D eigenvalue weighted by molar-refractivity contribution is 5.20. The summed E-state index contributed by atoms with van der Waals surface area (Å²) in [6, 6.07) is 9.45. The van der Waals surface area contributed by atoms with E-state index in [4.69, 9.17) is 19.7 Å². The summed E-state index contributed by atoms with van der Waals surface area (Å²) in [5, 5.41) is 17.4. The maximum absolute atomic E-state index is 8.89. The van der Waals surface area contributed by atoms with Crippen LogP contribution in [0.5, 0.6) is 5.75 Å². The van der Waals surface area contributed by atoms with E-state index in [2.05, 4.69) is 6.92 Å². The predicted molar refractivity (Wildman–Crippen MR) is 76.2 cm³/mol. The van der Waals surface area contributed by atoms with Crippen LogP contribution in [0.15, 0.2) is 30.3 Å². The molecule has 0 saturated heterocycles. The van der Waals surface area contributed by atoms with Crippen molar-refractivity contribution in [3.8, 4) is 5.75 Å². The van der Waals surface area contributed by atoms with Gasteiger partial charge in [-0.15, -0.1) is 0 Å². The van der Waals surface area contributed by atoms with Crippen molar-refractivity contribution in [3.63, 3.8) is 0 Å². The fourth-order valence-corrected chi connectivity index (χ4v) is 1.13. The van der Waals surface area contributed by atoms with Gasteiger partial charge >= 0.3 is 0 Å². The van der Waals surface area contributed by atoms with E-state index in [0.29, 0.717) is 13.2 Å². The van der Waals surface area contributed by atoms with Crippen LogP contribution in [0.3, 0.4) is 0 Å². The number of benzene rings is 1. The molecule has 0 bridgehead atoms. The number of aliphatic hydroxyl groups excluding tert-OH is 2. The van der Waals surface area contributed by atoms with E-state index in [1.54, 1.807) is 13.8 Å². The number of para-hydroxylation sites is 1. The Morgan fingerprint density at radius 2 is 1.74 bits per heavy atom. The van der Waals surface area contributed by atoms with E-state index < -0.39 is 12.4 Å². The lowest BCUT2D eigenvalue weighted by molar-refractivity contribution is -0.0856. The maximum Gasteiger partial charge on any atom is 0.151 e. The Bertz CT molecular complexity index is 285. The number of hydrogen-bond donors (Lipinski definition) is 2. The van der Waals surface area contributed by atoms with Crippen LogP contribution in [-0.4, -0.2) is 35.8 Å². The molecule has 110 valence electrons. The van der Waals surface area contributed by atoms with E-state index in [-0.39, 0.29) is 0 Å². The molecule has 1 aromatic rings. The van der Waals surface area contributed by atoms with Gasteiger partial charge in [-0.2, -0.15) is 0 Å². The zero-order valence-corrected chi connectivity index (χ0v) is 12.1. The van der Waals surface area contributed by atoms with Gasteiger partial charge in [0, 0.05) is 6.61 Å². The fraction of sp³-hybridized carbons (Fsp3) is 0.600. The third-order valence-electron chi connectivity index (χ3n) is 2.09. The monoisotopic (exact) mass is 270 g/mol. The molecule has 4 heteroatoms. The van der Waals surface area contributed by atoms with Crippen molar-refractivity contribution in [2.24, 2.45) is 0 Å². The van der Waals surface area contributed by atoms with E-state index in [0.717, 1.165) is 18.6 Å². The van der Waals surface area contributed by atoms with Gasteiger partial charge in [0.2, 0.25) is 0 Å². The van der Waals surface area contributed by atoms with Crippen LogP contribution in [0.2, 0.25) is 0 Å². The number of ether oxygens (including phenoxy) is 2. The Balaban J connectivity index is 0.000000362. The highest BCUT2D eigenvalue weighted by Gasteiger charge is 1.95. The largest absolute Gasteiger partial charge is 0.491 e. The fourth-order valence-electron chi connectivity index (χ4n) is 1.13. The van der Waals surface area contributed by atoms with Crippen LogP contribution in [0.25, 0.3) is 0 Å². The summed E-state index contributed by atoms with van der Waals surface area (Å²) in [6.45, 7) is 6.43. The van der Waals surface area contributed by atoms with Crippen molar-refractivity contribution >= 4 is 0 Å². The molecule has 1 rings (SSSR count). The van der Waals surface area contributed by atoms with Crippen molar-refractivity contribution in [3.05, 3.63) is 30.3 Å². The molecule has 2 atom stereocenters. The Morgan fingerprint density at radius 1 is 1.11 bits per heavy atom. The normalized spacial score (nSPS) is 13.1. The molecule has 0 aliphatic heterocycles. The number of hydrogen-bond acceptors (Lipinski definition) is 4. The minimum absolute atomic E-state index is 0.351. The summed E-state index contributed by atoms with van der Waals surface area (Å²) in [4.78, 5) is 0. The Hall–Kier alpha value is -1.10. The average molecular weight is 270 g/mol. The highest BCUT2D eigenvalue weighted by atomic mass is 16.6. The van der Waals surface area contributed by atoms with Gasteiger partial charge in [0.1, 0.15) is 12.4 Å². The molecule has 2 N–H and O–H groups in total. The van der Waals surface area contributed by atoms with Gasteiger partial charge in [-0.05, 0) is 32.4 Å². The summed E-state index contributed by atoms with van der Waals surface area (Å²) in [6.07, 6.45) is 1.15. The van der Waals surface area contributed by atoms with Crippen LogP contribution >= 0.6 is 0 Å². The molecule has 1 aromatic carbocycles. The van der Waals surface area contributed by atoms with Crippen molar-refractivity contribution in [1.29, 1.82) is 0 Å². The van der Waals surface area contributed by atoms with Crippen molar-refractivity contribution < 1.29 is 19.7 Å². The summed E-state index contributed by atoms with van der Waals surface area (Å²) in [5.41, 5.74) is 0. The first-order valence-corrected chi connectivity index (χ1v) is 6.71. The second-order valence-electron chi connectivity index (χ2n) is 4.30. The summed E-state index contributed by atoms with van der Waals surface area (Å²) in [7, 11) is 0. The molecule has 0 amide bonds. The van der Waals surface area contributed by atoms with E-state index in [1.165, 1.54) is 0 Å². The summed E-state index contributed by atoms with van der Waals surface area (Å²) >= 11 is 0. The number of unbranched alkanes of at least 4 members (excludes halogenated alkanes) is 1. The van der Waals surface area contributed by atoms with Gasteiger partial charge in [-0.25, -0.2) is 0 Å². The average Bonchev–Trinajstić information content (AvgIpc) is 2.38. The third-order valence-corrected chi connectivity index (χ3v) is 2.09. The van der Waals surface area contributed by atoms with Gasteiger partial charge in [0.25, 0.3) is 0 Å². The van der Waals surface area contributed by atoms with Crippen LogP contribution in [0.1, 0.15) is 33.6 Å². The lowest BCUT2D eigenvalue weighted by atomic mass is 10.3. The lowest BCUT2D eigenvalue weighted by Crippen LogP contribution is -2.12. The zero-order valence-electron chi connectivity index (χ0n) is 12.1. The van der Waals surface area contributed by atoms with Crippen LogP contribution in [0, 0.1) is 0 Å². The second kappa shape index (κ2) is 12.0. The first kappa shape index (κ1) is 17.9. The molecule has 0 radical (unpaired) electrons. The molecule has 19 heavy (non-hydrogen) atoms. The number of rotatable bonds is 7. The standard InChI is InChI=1S/C9H12O2.C6H14O2/c1-8(10)7-11-9-5-3-2-4-6-9;1-3-4-5-8-6(2)7/h2-6,8,10H,7H2,1H3;6-7H,3-5H2,1-2H3. The minimum atomic E-state index is -0.596. The van der Waals surface area contributed by atoms with Crippen LogP contribution in [0.4, 0.5) is 0 Å². The molecule has 0 saturated carbocycles. The molecule has 0 fully saturated rings. The smallest absolute Gasteiger partial charge is 0.151 e. The van der Waals surface area contributed by atoms with Gasteiger partial charge in [0.05, 0.1) is 6.10 Å². The minimum Gasteiger partial charge on any atom is -0.491 e. The van der Waals surface area contributed by atoms with Crippen LogP contribution in [-0.2, 0) is 4.74 Å². The van der Waals surface area contributed by atoms with E-state index in [9.17, 15) is 0 Å². The van der Waals surface area contributed by atoms with Gasteiger partial charge in [-0.3, -0.25) is 0 Å². The van der Waals surface area contributed by atoms with E-state index >= 15 is 0 Å². The lowest BCUT2D eigenvalue weighted by Gasteiger charge is -2.06. The summed E-state index contributed by atoms with van der Waals surface area (Å²) in [5.74, 6) is 0.799. The second-order valence-corrected chi connectivity index (χ2v) is 4.30. The van der Waals surface area contributed by atoms with Crippen molar-refractivity contribution in [2.75, 3.05) is 13.2 Å². The number of aliphatic hydroxyl groups is 2. The molecular formula is C15H26O4. The SMILES string of the molecule is CC(O)COc1ccccc1.CCCCOC(C)O. The Labute approximate surface area is 116 Å². The highest BCUT2D eigenvalue weighted by Crippen LogP contribution is 2.07. The maximum atomic E-state index is 8.89. The Morgan fingerprint density at radius 3 is 2.21 bits per heavy atom. The molecule has 0 heterocycles. The third kappa shape index (κ3) is 13.1. The van der Waals surface area contributed by atoms with Crippen molar-refractivity contribution in [1.82, 2.24) is 0 Å². The topological polar surface area (TPSA) is 58.9 Å². The van der Waals surface area contributed by atoms with Gasteiger partial charge < -0.3 is 19.7 Å². The first-order chi connectivity index (χ1) is 9.06. The molecule has 0 aliphatic carbocycles. The molecule has 2 unspecified atom stereocenters. The quantitative estimate of drug-likeness (QED) is 0.590.